The number of carbonyl (C=O) groups is 1. The van der Waals surface area contributed by atoms with Crippen molar-refractivity contribution in [3.05, 3.63) is 59.5 Å². The number of aromatic nitrogens is 1. The molecule has 104 valence electrons. The zero-order valence-corrected chi connectivity index (χ0v) is 11.2. The van der Waals surface area contributed by atoms with E-state index in [2.05, 4.69) is 15.6 Å². The summed E-state index contributed by atoms with van der Waals surface area (Å²) in [4.78, 5) is 15.8. The Bertz CT molecular complexity index is 601. The summed E-state index contributed by atoms with van der Waals surface area (Å²) in [7, 11) is 1.86. The van der Waals surface area contributed by atoms with E-state index in [9.17, 15) is 9.18 Å². The Kier molecular flexibility index (Phi) is 4.79. The quantitative estimate of drug-likeness (QED) is 0.821. The molecular formula is C15H16FN3O. The van der Waals surface area contributed by atoms with Crippen molar-refractivity contribution in [3.8, 4) is 0 Å². The molecule has 0 saturated heterocycles. The summed E-state index contributed by atoms with van der Waals surface area (Å²) in [6.45, 7) is 0.780. The first-order chi connectivity index (χ1) is 9.70. The predicted octanol–water partition coefficient (Wildman–Crippen LogP) is 2.23. The fourth-order valence-electron chi connectivity index (χ4n) is 1.88. The maximum Gasteiger partial charge on any atom is 0.257 e. The highest BCUT2D eigenvalue weighted by molar-refractivity contribution is 6.04. The molecule has 0 saturated carbocycles. The third-order valence-electron chi connectivity index (χ3n) is 2.86. The van der Waals surface area contributed by atoms with Crippen molar-refractivity contribution in [2.75, 3.05) is 18.9 Å². The number of anilines is 1. The second kappa shape index (κ2) is 6.77. The van der Waals surface area contributed by atoms with Crippen LogP contribution in [-0.4, -0.2) is 24.5 Å². The summed E-state index contributed by atoms with van der Waals surface area (Å²) >= 11 is 0. The zero-order valence-electron chi connectivity index (χ0n) is 11.2. The van der Waals surface area contributed by atoms with Crippen LogP contribution in [0.2, 0.25) is 0 Å². The molecule has 0 atom stereocenters. The summed E-state index contributed by atoms with van der Waals surface area (Å²) in [6, 6.07) is 11.6. The van der Waals surface area contributed by atoms with Gasteiger partial charge >= 0.3 is 0 Å². The van der Waals surface area contributed by atoms with E-state index in [1.807, 2.05) is 19.2 Å². The van der Waals surface area contributed by atoms with Crippen LogP contribution in [0, 0.1) is 5.95 Å². The molecule has 0 fully saturated rings. The molecule has 0 aliphatic rings. The number of hydrogen-bond donors (Lipinski definition) is 2. The fourth-order valence-corrected chi connectivity index (χ4v) is 1.88. The Balaban J connectivity index is 2.16. The van der Waals surface area contributed by atoms with Crippen molar-refractivity contribution < 1.29 is 9.18 Å². The minimum atomic E-state index is -0.619. The topological polar surface area (TPSA) is 54.0 Å². The molecule has 1 aromatic heterocycles. The number of benzene rings is 1. The van der Waals surface area contributed by atoms with Gasteiger partial charge in [0.05, 0.1) is 0 Å². The lowest BCUT2D eigenvalue weighted by molar-refractivity contribution is 0.102. The normalized spacial score (nSPS) is 10.3. The number of nitrogens with zero attached hydrogens (tertiary/aromatic N) is 1. The fraction of sp³-hybridized carbons (Fsp3) is 0.200. The monoisotopic (exact) mass is 273 g/mol. The van der Waals surface area contributed by atoms with Crippen LogP contribution in [0.4, 0.5) is 10.2 Å². The molecule has 2 rings (SSSR count). The van der Waals surface area contributed by atoms with Crippen LogP contribution in [0.1, 0.15) is 15.9 Å². The smallest absolute Gasteiger partial charge is 0.257 e. The first-order valence-corrected chi connectivity index (χ1v) is 6.37. The van der Waals surface area contributed by atoms with Crippen molar-refractivity contribution in [3.63, 3.8) is 0 Å². The first kappa shape index (κ1) is 14.1. The Morgan fingerprint density at radius 2 is 2.00 bits per heavy atom. The van der Waals surface area contributed by atoms with Crippen LogP contribution < -0.4 is 10.6 Å². The highest BCUT2D eigenvalue weighted by Gasteiger charge is 2.11. The minimum Gasteiger partial charge on any atom is -0.319 e. The van der Waals surface area contributed by atoms with Gasteiger partial charge in [0.1, 0.15) is 5.82 Å². The molecule has 0 aliphatic carbocycles. The Morgan fingerprint density at radius 3 is 2.75 bits per heavy atom. The Hall–Kier alpha value is -2.27. The minimum absolute atomic E-state index is 0.207. The lowest BCUT2D eigenvalue weighted by Gasteiger charge is -2.09. The molecule has 2 aromatic rings. The molecule has 4 nitrogen and oxygen atoms in total. The van der Waals surface area contributed by atoms with E-state index in [1.54, 1.807) is 18.2 Å². The van der Waals surface area contributed by atoms with Crippen LogP contribution in [-0.2, 0) is 6.42 Å². The second-order valence-electron chi connectivity index (χ2n) is 4.31. The van der Waals surface area contributed by atoms with E-state index in [-0.39, 0.29) is 11.7 Å². The van der Waals surface area contributed by atoms with Gasteiger partial charge in [0.2, 0.25) is 5.95 Å². The second-order valence-corrected chi connectivity index (χ2v) is 4.31. The van der Waals surface area contributed by atoms with Crippen LogP contribution in [0.15, 0.2) is 42.5 Å². The van der Waals surface area contributed by atoms with Crippen molar-refractivity contribution >= 4 is 11.7 Å². The van der Waals surface area contributed by atoms with E-state index in [0.717, 1.165) is 18.5 Å². The number of pyridine rings is 1. The first-order valence-electron chi connectivity index (χ1n) is 6.37. The average molecular weight is 273 g/mol. The molecular weight excluding hydrogens is 257 g/mol. The highest BCUT2D eigenvalue weighted by atomic mass is 19.1. The number of rotatable bonds is 5. The van der Waals surface area contributed by atoms with Gasteiger partial charge in [-0.2, -0.15) is 4.39 Å². The molecule has 2 N–H and O–H groups in total. The average Bonchev–Trinajstić information content (AvgIpc) is 2.45. The number of halogens is 1. The molecule has 1 amide bonds. The van der Waals surface area contributed by atoms with Crippen molar-refractivity contribution in [2.45, 2.75) is 6.42 Å². The van der Waals surface area contributed by atoms with E-state index in [0.29, 0.717) is 5.56 Å². The van der Waals surface area contributed by atoms with Crippen LogP contribution in [0.3, 0.4) is 0 Å². The number of amides is 1. The summed E-state index contributed by atoms with van der Waals surface area (Å²) in [6.07, 6.45) is 0.747. The molecule has 1 aromatic carbocycles. The lowest BCUT2D eigenvalue weighted by atomic mass is 10.0. The third-order valence-corrected chi connectivity index (χ3v) is 2.86. The molecule has 20 heavy (non-hydrogen) atoms. The van der Waals surface area contributed by atoms with Crippen LogP contribution in [0.25, 0.3) is 0 Å². The van der Waals surface area contributed by atoms with Crippen LogP contribution in [0.5, 0.6) is 0 Å². The molecule has 5 heteroatoms. The lowest BCUT2D eigenvalue weighted by Crippen LogP contribution is -2.17. The molecule has 0 unspecified atom stereocenters. The summed E-state index contributed by atoms with van der Waals surface area (Å²) < 4.78 is 13.0. The number of hydrogen-bond acceptors (Lipinski definition) is 3. The van der Waals surface area contributed by atoms with Crippen LogP contribution >= 0.6 is 0 Å². The van der Waals surface area contributed by atoms with Gasteiger partial charge in [0.25, 0.3) is 5.91 Å². The molecule has 0 aliphatic heterocycles. The van der Waals surface area contributed by atoms with E-state index in [4.69, 9.17) is 0 Å². The van der Waals surface area contributed by atoms with Crippen molar-refractivity contribution in [1.82, 2.24) is 10.3 Å². The van der Waals surface area contributed by atoms with Gasteiger partial charge in [0, 0.05) is 5.56 Å². The molecule has 0 radical (unpaired) electrons. The van der Waals surface area contributed by atoms with E-state index >= 15 is 0 Å². The van der Waals surface area contributed by atoms with Gasteiger partial charge in [-0.1, -0.05) is 24.3 Å². The van der Waals surface area contributed by atoms with E-state index in [1.165, 1.54) is 12.1 Å². The van der Waals surface area contributed by atoms with E-state index < -0.39 is 5.95 Å². The maximum atomic E-state index is 13.0. The summed E-state index contributed by atoms with van der Waals surface area (Å²) in [5.41, 5.74) is 1.52. The standard InChI is InChI=1S/C15H16FN3O/c1-17-10-9-11-5-2-3-6-12(11)15(20)19-14-8-4-7-13(16)18-14/h2-8,17H,9-10H2,1H3,(H,18,19,20). The van der Waals surface area contributed by atoms with Gasteiger partial charge in [-0.25, -0.2) is 4.98 Å². The van der Waals surface area contributed by atoms with Gasteiger partial charge in [0.15, 0.2) is 0 Å². The van der Waals surface area contributed by atoms with Crippen molar-refractivity contribution in [2.24, 2.45) is 0 Å². The van der Waals surface area contributed by atoms with Crippen molar-refractivity contribution in [1.29, 1.82) is 0 Å². The molecule has 1 heterocycles. The molecule has 0 spiro atoms. The highest BCUT2D eigenvalue weighted by Crippen LogP contribution is 2.12. The summed E-state index contributed by atoms with van der Waals surface area (Å²) in [5, 5.41) is 5.65. The third kappa shape index (κ3) is 3.61. The van der Waals surface area contributed by atoms with Gasteiger partial charge in [-0.15, -0.1) is 0 Å². The largest absolute Gasteiger partial charge is 0.319 e. The van der Waals surface area contributed by atoms with Gasteiger partial charge in [-0.05, 0) is 43.8 Å². The number of carbonyl (C=O) groups excluding carboxylic acids is 1. The maximum absolute atomic E-state index is 13.0. The van der Waals surface area contributed by atoms with Gasteiger partial charge < -0.3 is 10.6 Å². The number of likely N-dealkylation sites (N-methyl/N-ethyl adjacent to an activating group) is 1. The van der Waals surface area contributed by atoms with Gasteiger partial charge in [-0.3, -0.25) is 4.79 Å². The predicted molar refractivity (Wildman–Crippen MR) is 76.2 cm³/mol. The molecule has 0 bridgehead atoms. The summed E-state index contributed by atoms with van der Waals surface area (Å²) in [5.74, 6) is -0.695. The SMILES string of the molecule is CNCCc1ccccc1C(=O)Nc1cccc(F)n1. The Morgan fingerprint density at radius 1 is 1.20 bits per heavy atom. The number of nitrogens with one attached hydrogen (secondary N) is 2. The Labute approximate surface area is 117 Å². The zero-order chi connectivity index (χ0) is 14.4.